The fourth-order valence-corrected chi connectivity index (χ4v) is 2.97. The van der Waals surface area contributed by atoms with Gasteiger partial charge >= 0.3 is 6.18 Å². The summed E-state index contributed by atoms with van der Waals surface area (Å²) in [4.78, 5) is 24.7. The largest absolute Gasteiger partial charge is 0.433 e. The highest BCUT2D eigenvalue weighted by Gasteiger charge is 2.32. The number of nitrogens with zero attached hydrogens (tertiary/aromatic N) is 3. The second-order valence-electron chi connectivity index (χ2n) is 6.55. The molecule has 0 unspecified atom stereocenters. The molecule has 4 rings (SSSR count). The Morgan fingerprint density at radius 3 is 2.43 bits per heavy atom. The third-order valence-electron chi connectivity index (χ3n) is 4.48. The smallest absolute Gasteiger partial charge is 0.347 e. The second kappa shape index (κ2) is 7.90. The van der Waals surface area contributed by atoms with Crippen molar-refractivity contribution < 1.29 is 18.0 Å². The molecule has 0 saturated carbocycles. The number of pyridine rings is 3. The number of fused-ring (bicyclic) bond motifs is 1. The standard InChI is InChI=1S/C22H15F3N4O/c23-22(24,25)19-9-6-14(10-27-19)11-28-21(30)18-8-7-16-12-26-13-17(20(16)29-18)15-4-2-1-3-5-15/h1-10,12-13H,11H2,(H,28,30). The first-order chi connectivity index (χ1) is 14.4. The Morgan fingerprint density at radius 2 is 1.73 bits per heavy atom. The second-order valence-corrected chi connectivity index (χ2v) is 6.55. The van der Waals surface area contributed by atoms with E-state index in [2.05, 4.69) is 20.3 Å². The van der Waals surface area contributed by atoms with Gasteiger partial charge in [0.05, 0.1) is 5.52 Å². The number of hydrogen-bond acceptors (Lipinski definition) is 4. The van der Waals surface area contributed by atoms with Crippen LogP contribution in [0.2, 0.25) is 0 Å². The minimum absolute atomic E-state index is 0.0333. The van der Waals surface area contributed by atoms with Gasteiger partial charge in [-0.15, -0.1) is 0 Å². The lowest BCUT2D eigenvalue weighted by molar-refractivity contribution is -0.141. The van der Waals surface area contributed by atoms with Crippen LogP contribution in [0, 0.1) is 0 Å². The van der Waals surface area contributed by atoms with Crippen LogP contribution < -0.4 is 5.32 Å². The fraction of sp³-hybridized carbons (Fsp3) is 0.0909. The van der Waals surface area contributed by atoms with E-state index >= 15 is 0 Å². The summed E-state index contributed by atoms with van der Waals surface area (Å²) in [7, 11) is 0. The molecule has 0 saturated heterocycles. The number of benzene rings is 1. The number of nitrogens with one attached hydrogen (secondary N) is 1. The Morgan fingerprint density at radius 1 is 0.933 bits per heavy atom. The van der Waals surface area contributed by atoms with Gasteiger partial charge in [0.15, 0.2) is 0 Å². The highest BCUT2D eigenvalue weighted by Crippen LogP contribution is 2.27. The van der Waals surface area contributed by atoms with Crippen LogP contribution in [-0.2, 0) is 12.7 Å². The molecule has 0 aliphatic heterocycles. The molecule has 150 valence electrons. The monoisotopic (exact) mass is 408 g/mol. The van der Waals surface area contributed by atoms with E-state index in [1.54, 1.807) is 24.5 Å². The van der Waals surface area contributed by atoms with Crippen molar-refractivity contribution >= 4 is 16.8 Å². The number of hydrogen-bond donors (Lipinski definition) is 1. The fourth-order valence-electron chi connectivity index (χ4n) is 2.97. The van der Waals surface area contributed by atoms with E-state index in [4.69, 9.17) is 0 Å². The van der Waals surface area contributed by atoms with Crippen LogP contribution in [0.15, 0.2) is 73.2 Å². The Labute approximate surface area is 169 Å². The lowest BCUT2D eigenvalue weighted by Crippen LogP contribution is -2.24. The van der Waals surface area contributed by atoms with Crippen LogP contribution in [0.1, 0.15) is 21.7 Å². The van der Waals surface area contributed by atoms with Gasteiger partial charge in [-0.2, -0.15) is 13.2 Å². The van der Waals surface area contributed by atoms with Gasteiger partial charge in [-0.05, 0) is 29.3 Å². The predicted molar refractivity (Wildman–Crippen MR) is 105 cm³/mol. The summed E-state index contributed by atoms with van der Waals surface area (Å²) in [5.41, 5.74) is 2.04. The molecule has 1 aromatic carbocycles. The molecule has 0 bridgehead atoms. The Bertz CT molecular complexity index is 1190. The molecular weight excluding hydrogens is 393 g/mol. The summed E-state index contributed by atoms with van der Waals surface area (Å²) < 4.78 is 37.8. The zero-order valence-corrected chi connectivity index (χ0v) is 15.5. The van der Waals surface area contributed by atoms with E-state index < -0.39 is 17.8 Å². The van der Waals surface area contributed by atoms with Crippen molar-refractivity contribution in [2.45, 2.75) is 12.7 Å². The first-order valence-corrected chi connectivity index (χ1v) is 9.02. The molecule has 4 aromatic rings. The summed E-state index contributed by atoms with van der Waals surface area (Å²) in [6, 6.07) is 15.1. The van der Waals surface area contributed by atoms with Crippen LogP contribution in [0.3, 0.4) is 0 Å². The number of halogens is 3. The first kappa shape index (κ1) is 19.5. The van der Waals surface area contributed by atoms with Gasteiger partial charge in [-0.3, -0.25) is 14.8 Å². The summed E-state index contributed by atoms with van der Waals surface area (Å²) in [5, 5.41) is 3.45. The molecular formula is C22H15F3N4O. The van der Waals surface area contributed by atoms with Crippen molar-refractivity contribution in [3.63, 3.8) is 0 Å². The summed E-state index contributed by atoms with van der Waals surface area (Å²) in [5.74, 6) is -0.437. The van der Waals surface area contributed by atoms with Gasteiger partial charge in [0, 0.05) is 36.1 Å². The zero-order valence-electron chi connectivity index (χ0n) is 15.5. The van der Waals surface area contributed by atoms with Crippen LogP contribution in [0.25, 0.3) is 22.0 Å². The summed E-state index contributed by atoms with van der Waals surface area (Å²) >= 11 is 0. The number of alkyl halides is 3. The minimum Gasteiger partial charge on any atom is -0.347 e. The van der Waals surface area contributed by atoms with Gasteiger partial charge in [-0.1, -0.05) is 36.4 Å². The van der Waals surface area contributed by atoms with Crippen LogP contribution >= 0.6 is 0 Å². The minimum atomic E-state index is -4.50. The van der Waals surface area contributed by atoms with Gasteiger partial charge < -0.3 is 5.32 Å². The van der Waals surface area contributed by atoms with E-state index in [0.29, 0.717) is 11.1 Å². The molecule has 3 heterocycles. The van der Waals surface area contributed by atoms with Crippen molar-refractivity contribution in [2.75, 3.05) is 0 Å². The third-order valence-corrected chi connectivity index (χ3v) is 4.48. The maximum Gasteiger partial charge on any atom is 0.433 e. The van der Waals surface area contributed by atoms with Crippen molar-refractivity contribution in [3.05, 3.63) is 90.1 Å². The van der Waals surface area contributed by atoms with Crippen LogP contribution in [0.5, 0.6) is 0 Å². The topological polar surface area (TPSA) is 67.8 Å². The van der Waals surface area contributed by atoms with E-state index in [-0.39, 0.29) is 12.2 Å². The van der Waals surface area contributed by atoms with Gasteiger partial charge in [0.2, 0.25) is 0 Å². The highest BCUT2D eigenvalue weighted by molar-refractivity contribution is 5.98. The van der Waals surface area contributed by atoms with Crippen molar-refractivity contribution in [2.24, 2.45) is 0 Å². The summed E-state index contributed by atoms with van der Waals surface area (Å²) in [6.45, 7) is 0.0333. The number of aromatic nitrogens is 3. The maximum absolute atomic E-state index is 12.6. The molecule has 0 fully saturated rings. The van der Waals surface area contributed by atoms with Crippen LogP contribution in [-0.4, -0.2) is 20.9 Å². The van der Waals surface area contributed by atoms with E-state index in [9.17, 15) is 18.0 Å². The van der Waals surface area contributed by atoms with E-state index in [0.717, 1.165) is 28.8 Å². The van der Waals surface area contributed by atoms with E-state index in [1.807, 2.05) is 30.3 Å². The molecule has 0 atom stereocenters. The number of carbonyl (C=O) groups excluding carboxylic acids is 1. The number of amides is 1. The van der Waals surface area contributed by atoms with E-state index in [1.165, 1.54) is 6.07 Å². The molecule has 3 aromatic heterocycles. The quantitative estimate of drug-likeness (QED) is 0.534. The zero-order chi connectivity index (χ0) is 21.1. The lowest BCUT2D eigenvalue weighted by atomic mass is 10.0. The molecule has 1 N–H and O–H groups in total. The van der Waals surface area contributed by atoms with Gasteiger partial charge in [0.1, 0.15) is 11.4 Å². The SMILES string of the molecule is O=C(NCc1ccc(C(F)(F)F)nc1)c1ccc2cncc(-c3ccccc3)c2n1. The average molecular weight is 408 g/mol. The molecule has 0 aliphatic rings. The molecule has 5 nitrogen and oxygen atoms in total. The molecule has 1 amide bonds. The van der Waals surface area contributed by atoms with Crippen molar-refractivity contribution in [3.8, 4) is 11.1 Å². The molecule has 0 aliphatic carbocycles. The Balaban J connectivity index is 1.55. The average Bonchev–Trinajstić information content (AvgIpc) is 2.77. The summed E-state index contributed by atoms with van der Waals surface area (Å²) in [6.07, 6.45) is -0.0389. The number of carbonyl (C=O) groups is 1. The molecule has 0 spiro atoms. The molecule has 8 heteroatoms. The maximum atomic E-state index is 12.6. The predicted octanol–water partition coefficient (Wildman–Crippen LogP) is 4.64. The third kappa shape index (κ3) is 4.12. The van der Waals surface area contributed by atoms with Crippen molar-refractivity contribution in [1.82, 2.24) is 20.3 Å². The van der Waals surface area contributed by atoms with Gasteiger partial charge in [0.25, 0.3) is 5.91 Å². The van der Waals surface area contributed by atoms with Gasteiger partial charge in [-0.25, -0.2) is 4.98 Å². The lowest BCUT2D eigenvalue weighted by Gasteiger charge is -2.09. The van der Waals surface area contributed by atoms with Crippen LogP contribution in [0.4, 0.5) is 13.2 Å². The normalized spacial score (nSPS) is 11.4. The number of rotatable bonds is 4. The van der Waals surface area contributed by atoms with Crippen molar-refractivity contribution in [1.29, 1.82) is 0 Å². The Hall–Kier alpha value is -3.81. The molecule has 30 heavy (non-hydrogen) atoms. The Kier molecular flexibility index (Phi) is 5.14. The first-order valence-electron chi connectivity index (χ1n) is 9.02. The molecule has 0 radical (unpaired) electrons. The highest BCUT2D eigenvalue weighted by atomic mass is 19.4.